The number of aliphatic carboxylic acids is 1. The summed E-state index contributed by atoms with van der Waals surface area (Å²) in [5.74, 6) is -1.74. The molecule has 0 saturated carbocycles. The number of hydrogen-bond acceptors (Lipinski definition) is 3. The zero-order valence-electron chi connectivity index (χ0n) is 11.9. The van der Waals surface area contributed by atoms with Crippen LogP contribution in [0.25, 0.3) is 0 Å². The topological polar surface area (TPSA) is 66.8 Å². The Kier molecular flexibility index (Phi) is 4.09. The van der Waals surface area contributed by atoms with E-state index in [0.717, 1.165) is 11.1 Å². The van der Waals surface area contributed by atoms with Crippen molar-refractivity contribution in [3.8, 4) is 0 Å². The first-order valence-corrected chi connectivity index (χ1v) is 6.56. The van der Waals surface area contributed by atoms with Crippen molar-refractivity contribution in [2.45, 2.75) is 19.9 Å². The maximum absolute atomic E-state index is 12.6. The molecule has 2 atom stereocenters. The third-order valence-electron chi connectivity index (χ3n) is 3.81. The minimum Gasteiger partial charge on any atom is -0.481 e. The fourth-order valence-corrected chi connectivity index (χ4v) is 2.47. The van der Waals surface area contributed by atoms with E-state index in [0.29, 0.717) is 5.56 Å². The summed E-state index contributed by atoms with van der Waals surface area (Å²) >= 11 is 0. The number of carboxylic acids is 1. The van der Waals surface area contributed by atoms with Gasteiger partial charge in [0, 0.05) is 12.6 Å². The molecular formula is C15H19NO4. The Bertz CT molecular complexity index is 541. The molecule has 0 radical (unpaired) electrons. The Morgan fingerprint density at radius 1 is 1.30 bits per heavy atom. The van der Waals surface area contributed by atoms with E-state index in [1.54, 1.807) is 7.05 Å². The minimum atomic E-state index is -0.923. The Hall–Kier alpha value is -1.88. The van der Waals surface area contributed by atoms with Gasteiger partial charge in [0.15, 0.2) is 0 Å². The number of hydrogen-bond donors (Lipinski definition) is 1. The molecule has 1 heterocycles. The van der Waals surface area contributed by atoms with Crippen LogP contribution in [0.3, 0.4) is 0 Å². The molecule has 5 nitrogen and oxygen atoms in total. The molecule has 0 aromatic heterocycles. The van der Waals surface area contributed by atoms with Gasteiger partial charge in [-0.15, -0.1) is 0 Å². The van der Waals surface area contributed by atoms with Gasteiger partial charge >= 0.3 is 5.97 Å². The standard InChI is InChI=1S/C15H19NO4/c1-9-4-5-10(2)11(6-9)14(17)16(3)13-8-20-7-12(13)15(18)19/h4-6,12-13H,7-8H2,1-3H3,(H,18,19). The van der Waals surface area contributed by atoms with E-state index in [9.17, 15) is 9.59 Å². The lowest BCUT2D eigenvalue weighted by Gasteiger charge is -2.27. The smallest absolute Gasteiger partial charge is 0.311 e. The van der Waals surface area contributed by atoms with Gasteiger partial charge in [0.2, 0.25) is 0 Å². The molecule has 1 N–H and O–H groups in total. The lowest BCUT2D eigenvalue weighted by atomic mass is 10.00. The summed E-state index contributed by atoms with van der Waals surface area (Å²) < 4.78 is 5.22. The van der Waals surface area contributed by atoms with Crippen molar-refractivity contribution in [1.29, 1.82) is 0 Å². The molecule has 2 unspecified atom stereocenters. The summed E-state index contributed by atoms with van der Waals surface area (Å²) in [6.45, 7) is 4.23. The highest BCUT2D eigenvalue weighted by Gasteiger charge is 2.38. The fraction of sp³-hybridized carbons (Fsp3) is 0.467. The third kappa shape index (κ3) is 2.67. The van der Waals surface area contributed by atoms with Crippen molar-refractivity contribution in [2.24, 2.45) is 5.92 Å². The van der Waals surface area contributed by atoms with Gasteiger partial charge in [0.1, 0.15) is 5.92 Å². The molecule has 20 heavy (non-hydrogen) atoms. The van der Waals surface area contributed by atoms with Crippen LogP contribution in [0.15, 0.2) is 18.2 Å². The highest BCUT2D eigenvalue weighted by molar-refractivity contribution is 5.96. The molecule has 108 valence electrons. The largest absolute Gasteiger partial charge is 0.481 e. The third-order valence-corrected chi connectivity index (χ3v) is 3.81. The molecule has 1 aliphatic rings. The van der Waals surface area contributed by atoms with Crippen molar-refractivity contribution in [3.63, 3.8) is 0 Å². The zero-order valence-corrected chi connectivity index (χ0v) is 11.9. The number of carboxylic acid groups (broad SMARTS) is 1. The van der Waals surface area contributed by atoms with Crippen LogP contribution in [0.2, 0.25) is 0 Å². The SMILES string of the molecule is Cc1ccc(C)c(C(=O)N(C)C2COCC2C(=O)O)c1. The van der Waals surface area contributed by atoms with Crippen LogP contribution < -0.4 is 0 Å². The number of nitrogens with zero attached hydrogens (tertiary/aromatic N) is 1. The Labute approximate surface area is 118 Å². The molecule has 1 amide bonds. The van der Waals surface area contributed by atoms with Crippen LogP contribution in [0.5, 0.6) is 0 Å². The van der Waals surface area contributed by atoms with Crippen LogP contribution in [-0.4, -0.2) is 48.2 Å². The summed E-state index contributed by atoms with van der Waals surface area (Å²) in [6, 6.07) is 5.26. The number of carbonyl (C=O) groups excluding carboxylic acids is 1. The zero-order chi connectivity index (χ0) is 14.9. The first-order valence-electron chi connectivity index (χ1n) is 6.56. The summed E-state index contributed by atoms with van der Waals surface area (Å²) in [5.41, 5.74) is 2.51. The molecular weight excluding hydrogens is 258 g/mol. The molecule has 1 aliphatic heterocycles. The molecule has 0 bridgehead atoms. The van der Waals surface area contributed by atoms with Crippen LogP contribution in [0.1, 0.15) is 21.5 Å². The number of rotatable bonds is 3. The number of carbonyl (C=O) groups is 2. The van der Waals surface area contributed by atoms with E-state index in [2.05, 4.69) is 0 Å². The van der Waals surface area contributed by atoms with Crippen molar-refractivity contribution < 1.29 is 19.4 Å². The normalized spacial score (nSPS) is 21.8. The summed E-state index contributed by atoms with van der Waals surface area (Å²) in [4.78, 5) is 25.2. The van der Waals surface area contributed by atoms with Gasteiger partial charge in [-0.2, -0.15) is 0 Å². The van der Waals surface area contributed by atoms with Gasteiger partial charge in [0.25, 0.3) is 5.91 Å². The molecule has 0 aliphatic carbocycles. The molecule has 0 spiro atoms. The van der Waals surface area contributed by atoms with E-state index in [1.165, 1.54) is 4.90 Å². The molecule has 1 aromatic rings. The first kappa shape index (κ1) is 14.5. The van der Waals surface area contributed by atoms with Crippen molar-refractivity contribution in [1.82, 2.24) is 4.90 Å². The molecule has 2 rings (SSSR count). The number of aryl methyl sites for hydroxylation is 2. The van der Waals surface area contributed by atoms with E-state index in [1.807, 2.05) is 32.0 Å². The van der Waals surface area contributed by atoms with Gasteiger partial charge in [-0.05, 0) is 25.5 Å². The molecule has 5 heteroatoms. The summed E-state index contributed by atoms with van der Waals surface area (Å²) in [6.07, 6.45) is 0. The summed E-state index contributed by atoms with van der Waals surface area (Å²) in [7, 11) is 1.64. The fourth-order valence-electron chi connectivity index (χ4n) is 2.47. The van der Waals surface area contributed by atoms with Gasteiger partial charge < -0.3 is 14.7 Å². The summed E-state index contributed by atoms with van der Waals surface area (Å²) in [5, 5.41) is 9.17. The van der Waals surface area contributed by atoms with Crippen LogP contribution >= 0.6 is 0 Å². The van der Waals surface area contributed by atoms with E-state index in [4.69, 9.17) is 9.84 Å². The Morgan fingerprint density at radius 2 is 2.00 bits per heavy atom. The second-order valence-corrected chi connectivity index (χ2v) is 5.28. The average Bonchev–Trinajstić information content (AvgIpc) is 2.89. The predicted molar refractivity (Wildman–Crippen MR) is 73.7 cm³/mol. The maximum atomic E-state index is 12.6. The molecule has 1 fully saturated rings. The number of ether oxygens (including phenoxy) is 1. The van der Waals surface area contributed by atoms with Gasteiger partial charge in [0.05, 0.1) is 19.3 Å². The monoisotopic (exact) mass is 277 g/mol. The van der Waals surface area contributed by atoms with Gasteiger partial charge in [-0.3, -0.25) is 9.59 Å². The lowest BCUT2D eigenvalue weighted by molar-refractivity contribution is -0.142. The van der Waals surface area contributed by atoms with Gasteiger partial charge in [-0.1, -0.05) is 17.7 Å². The molecule has 1 aromatic carbocycles. The van der Waals surface area contributed by atoms with Crippen LogP contribution in [-0.2, 0) is 9.53 Å². The minimum absolute atomic E-state index is 0.157. The number of likely N-dealkylation sites (N-methyl/N-ethyl adjacent to an activating group) is 1. The van der Waals surface area contributed by atoms with E-state index in [-0.39, 0.29) is 19.1 Å². The second kappa shape index (κ2) is 5.63. The first-order chi connectivity index (χ1) is 9.41. The predicted octanol–water partition coefficient (Wildman–Crippen LogP) is 1.48. The maximum Gasteiger partial charge on any atom is 0.311 e. The van der Waals surface area contributed by atoms with Crippen LogP contribution in [0.4, 0.5) is 0 Å². The second-order valence-electron chi connectivity index (χ2n) is 5.28. The van der Waals surface area contributed by atoms with E-state index < -0.39 is 17.9 Å². The average molecular weight is 277 g/mol. The molecule has 1 saturated heterocycles. The number of amides is 1. The van der Waals surface area contributed by atoms with Crippen molar-refractivity contribution >= 4 is 11.9 Å². The Morgan fingerprint density at radius 3 is 2.65 bits per heavy atom. The van der Waals surface area contributed by atoms with Gasteiger partial charge in [-0.25, -0.2) is 0 Å². The quantitative estimate of drug-likeness (QED) is 0.908. The van der Waals surface area contributed by atoms with Crippen molar-refractivity contribution in [2.75, 3.05) is 20.3 Å². The highest BCUT2D eigenvalue weighted by Crippen LogP contribution is 2.22. The lowest BCUT2D eigenvalue weighted by Crippen LogP contribution is -2.44. The Balaban J connectivity index is 2.24. The van der Waals surface area contributed by atoms with Crippen molar-refractivity contribution in [3.05, 3.63) is 34.9 Å². The number of benzene rings is 1. The van der Waals surface area contributed by atoms with E-state index >= 15 is 0 Å². The van der Waals surface area contributed by atoms with Crippen LogP contribution in [0, 0.1) is 19.8 Å². The highest BCUT2D eigenvalue weighted by atomic mass is 16.5.